The highest BCUT2D eigenvalue weighted by Crippen LogP contribution is 2.72. The SMILES string of the molecule is C=C(C=CC=C(CO)[C@H]1CC[C@]2([C@@H]1O)[C@@H]1C3=C(C=O)CCC[C@]3(C=C[C@H]1CCO)C[C@]2(O)CCNC)[C@H]1CC=C(C)CN[C@](C)(CCOC)Cc2cccc(c2)C1. The fourth-order valence-corrected chi connectivity index (χ4v) is 11.9. The van der Waals surface area contributed by atoms with Crippen molar-refractivity contribution >= 4 is 6.29 Å². The van der Waals surface area contributed by atoms with Crippen molar-refractivity contribution in [3.8, 4) is 0 Å². The first-order valence-electron chi connectivity index (χ1n) is 21.6. The van der Waals surface area contributed by atoms with Crippen molar-refractivity contribution in [2.24, 2.45) is 34.5 Å². The van der Waals surface area contributed by atoms with Gasteiger partial charge in [0.1, 0.15) is 6.29 Å². The van der Waals surface area contributed by atoms with Gasteiger partial charge in [0.25, 0.3) is 0 Å². The zero-order valence-electron chi connectivity index (χ0n) is 35.1. The van der Waals surface area contributed by atoms with Gasteiger partial charge in [-0.1, -0.05) is 78.4 Å². The molecule has 6 N–H and O–H groups in total. The Hall–Kier alpha value is -2.95. The molecule has 0 aromatic heterocycles. The minimum absolute atomic E-state index is 0.0176. The number of fused-ring (bicyclic) bond motifs is 3. The Morgan fingerprint density at radius 3 is 2.72 bits per heavy atom. The third kappa shape index (κ3) is 8.70. The number of allylic oxidation sites excluding steroid dienone is 9. The molecule has 0 amide bonds. The molecule has 2 saturated carbocycles. The standard InChI is InChI=1S/C49H70N2O6/c1-34-14-15-39(28-36-10-7-11-37(27-36)29-46(3,51-30-34)23-26-57-5)35(2)9-6-12-40(31-53)42-17-21-49(45(42)55)44-38(18-25-52)16-20-47(33-48(49,56)22-24-50-4)19-8-13-41(32-54)43(44)47/h6-7,9-12,14,16,20,27,32,38-39,42,44-45,50-53,55-56H,2,8,13,15,17-19,21-26,28-31,33H2,1,3-5H3/t38-,39-,42+,44-,45+,46+,47-,48+,49+/m0/s1. The molecule has 1 spiro atoms. The average molecular weight is 783 g/mol. The summed E-state index contributed by atoms with van der Waals surface area (Å²) in [5.41, 5.74) is 4.84. The van der Waals surface area contributed by atoms with Crippen LogP contribution in [-0.4, -0.2) is 91.0 Å². The van der Waals surface area contributed by atoms with Crippen LogP contribution in [0.15, 0.2) is 95.2 Å². The molecule has 0 saturated heterocycles. The molecule has 6 rings (SSSR count). The fraction of sp³-hybridized carbons (Fsp3) is 0.612. The van der Waals surface area contributed by atoms with Crippen molar-refractivity contribution in [2.75, 3.05) is 47.1 Å². The van der Waals surface area contributed by atoms with Gasteiger partial charge in [0.2, 0.25) is 0 Å². The normalized spacial score (nSPS) is 35.8. The number of benzene rings is 1. The van der Waals surface area contributed by atoms with Crippen LogP contribution in [0.25, 0.3) is 0 Å². The smallest absolute Gasteiger partial charge is 0.146 e. The molecule has 1 aromatic rings. The van der Waals surface area contributed by atoms with E-state index in [4.69, 9.17) is 4.74 Å². The van der Waals surface area contributed by atoms with Crippen molar-refractivity contribution in [3.05, 3.63) is 106 Å². The average Bonchev–Trinajstić information content (AvgIpc) is 3.55. The van der Waals surface area contributed by atoms with E-state index in [0.29, 0.717) is 51.7 Å². The zero-order valence-corrected chi connectivity index (χ0v) is 35.1. The Morgan fingerprint density at radius 1 is 1.18 bits per heavy atom. The summed E-state index contributed by atoms with van der Waals surface area (Å²) >= 11 is 0. The topological polar surface area (TPSA) is 131 Å². The maximum Gasteiger partial charge on any atom is 0.146 e. The highest BCUT2D eigenvalue weighted by Gasteiger charge is 2.71. The first-order chi connectivity index (χ1) is 27.4. The van der Waals surface area contributed by atoms with Crippen LogP contribution >= 0.6 is 0 Å². The number of aliphatic hydroxyl groups is 4. The Kier molecular flexibility index (Phi) is 14.2. The molecule has 57 heavy (non-hydrogen) atoms. The molecular weight excluding hydrogens is 713 g/mol. The van der Waals surface area contributed by atoms with Gasteiger partial charge in [-0.3, -0.25) is 4.79 Å². The van der Waals surface area contributed by atoms with Crippen molar-refractivity contribution < 1.29 is 30.0 Å². The molecule has 4 bridgehead atoms. The fourth-order valence-electron chi connectivity index (χ4n) is 11.9. The minimum Gasteiger partial charge on any atom is -0.396 e. The van der Waals surface area contributed by atoms with E-state index in [9.17, 15) is 25.2 Å². The van der Waals surface area contributed by atoms with Gasteiger partial charge >= 0.3 is 0 Å². The molecule has 312 valence electrons. The molecule has 2 fully saturated rings. The van der Waals surface area contributed by atoms with Gasteiger partial charge in [0, 0.05) is 49.2 Å². The van der Waals surface area contributed by atoms with Gasteiger partial charge in [-0.05, 0) is 150 Å². The lowest BCUT2D eigenvalue weighted by Gasteiger charge is -2.66. The molecule has 8 nitrogen and oxygen atoms in total. The number of aldehydes is 1. The van der Waals surface area contributed by atoms with Crippen molar-refractivity contribution in [1.82, 2.24) is 10.6 Å². The third-order valence-electron chi connectivity index (χ3n) is 14.8. The second-order valence-electron chi connectivity index (χ2n) is 18.4. The van der Waals surface area contributed by atoms with Crippen LogP contribution in [0.4, 0.5) is 0 Å². The van der Waals surface area contributed by atoms with Crippen LogP contribution in [0, 0.1) is 34.5 Å². The van der Waals surface area contributed by atoms with Gasteiger partial charge in [-0.2, -0.15) is 0 Å². The van der Waals surface area contributed by atoms with Crippen LogP contribution in [0.5, 0.6) is 0 Å². The maximum absolute atomic E-state index is 13.1. The van der Waals surface area contributed by atoms with E-state index in [0.717, 1.165) is 73.6 Å². The maximum atomic E-state index is 13.1. The number of aliphatic hydroxyl groups excluding tert-OH is 3. The van der Waals surface area contributed by atoms with Crippen molar-refractivity contribution in [2.45, 2.75) is 108 Å². The lowest BCUT2D eigenvalue weighted by atomic mass is 9.40. The number of methoxy groups -OCH3 is 1. The van der Waals surface area contributed by atoms with E-state index >= 15 is 0 Å². The summed E-state index contributed by atoms with van der Waals surface area (Å²) in [4.78, 5) is 12.7. The summed E-state index contributed by atoms with van der Waals surface area (Å²) < 4.78 is 5.46. The Morgan fingerprint density at radius 2 is 1.98 bits per heavy atom. The Balaban J connectivity index is 1.28. The van der Waals surface area contributed by atoms with E-state index in [1.807, 2.05) is 19.2 Å². The van der Waals surface area contributed by atoms with Crippen molar-refractivity contribution in [3.63, 3.8) is 0 Å². The summed E-state index contributed by atoms with van der Waals surface area (Å²) in [5, 5.41) is 54.1. The van der Waals surface area contributed by atoms with Crippen LogP contribution < -0.4 is 10.6 Å². The summed E-state index contributed by atoms with van der Waals surface area (Å²) in [5.74, 6) is -0.597. The predicted octanol–water partition coefficient (Wildman–Crippen LogP) is 6.51. The lowest BCUT2D eigenvalue weighted by molar-refractivity contribution is -0.207. The second kappa shape index (κ2) is 18.5. The van der Waals surface area contributed by atoms with Crippen LogP contribution in [0.1, 0.15) is 89.2 Å². The molecule has 9 atom stereocenters. The van der Waals surface area contributed by atoms with Crippen LogP contribution in [0.3, 0.4) is 0 Å². The number of nitrogens with one attached hydrogen (secondary N) is 2. The van der Waals surface area contributed by atoms with Crippen molar-refractivity contribution in [1.29, 1.82) is 0 Å². The second-order valence-corrected chi connectivity index (χ2v) is 18.4. The van der Waals surface area contributed by atoms with E-state index < -0.39 is 22.5 Å². The minimum atomic E-state index is -1.22. The Labute approximate surface area is 342 Å². The lowest BCUT2D eigenvalue weighted by Crippen LogP contribution is -2.67. The van der Waals surface area contributed by atoms with E-state index in [-0.39, 0.29) is 42.4 Å². The number of rotatable bonds is 14. The first-order valence-corrected chi connectivity index (χ1v) is 21.6. The highest BCUT2D eigenvalue weighted by molar-refractivity contribution is 5.76. The molecule has 0 radical (unpaired) electrons. The quantitative estimate of drug-likeness (QED) is 0.0717. The number of hydrogen-bond acceptors (Lipinski definition) is 8. The van der Waals surface area contributed by atoms with E-state index in [1.54, 1.807) is 7.11 Å². The number of ether oxygens (including phenoxy) is 1. The summed E-state index contributed by atoms with van der Waals surface area (Å²) in [6, 6.07) is 8.91. The molecule has 5 aliphatic rings. The molecule has 1 aliphatic heterocycles. The van der Waals surface area contributed by atoms with Gasteiger partial charge < -0.3 is 35.8 Å². The highest BCUT2D eigenvalue weighted by atomic mass is 16.5. The monoisotopic (exact) mass is 783 g/mol. The van der Waals surface area contributed by atoms with Gasteiger partial charge in [-0.15, -0.1) is 0 Å². The van der Waals surface area contributed by atoms with E-state index in [1.165, 1.54) is 16.7 Å². The zero-order chi connectivity index (χ0) is 40.8. The molecule has 8 heteroatoms. The van der Waals surface area contributed by atoms with Gasteiger partial charge in [0.05, 0.1) is 18.3 Å². The Bertz CT molecular complexity index is 1760. The predicted molar refractivity (Wildman–Crippen MR) is 229 cm³/mol. The summed E-state index contributed by atoms with van der Waals surface area (Å²) in [6.07, 6.45) is 21.4. The molecule has 1 aromatic carbocycles. The van der Waals surface area contributed by atoms with Crippen LogP contribution in [0.2, 0.25) is 0 Å². The van der Waals surface area contributed by atoms with Gasteiger partial charge in [-0.25, -0.2) is 0 Å². The summed E-state index contributed by atoms with van der Waals surface area (Å²) in [7, 11) is 3.65. The third-order valence-corrected chi connectivity index (χ3v) is 14.8. The number of hydrogen-bond donors (Lipinski definition) is 6. The molecule has 4 aliphatic carbocycles. The van der Waals surface area contributed by atoms with Crippen LogP contribution in [-0.2, 0) is 22.4 Å². The largest absolute Gasteiger partial charge is 0.396 e. The number of carbonyl (C=O) groups excluding carboxylic acids is 1. The number of carbonyl (C=O) groups is 1. The molecule has 1 heterocycles. The first kappa shape index (κ1) is 43.6. The summed E-state index contributed by atoms with van der Waals surface area (Å²) in [6.45, 7) is 10.9. The van der Waals surface area contributed by atoms with E-state index in [2.05, 4.69) is 79.6 Å². The molecular formula is C49H70N2O6. The van der Waals surface area contributed by atoms with Gasteiger partial charge in [0.15, 0.2) is 0 Å². The molecule has 0 unspecified atom stereocenters.